The van der Waals surface area contributed by atoms with Crippen LogP contribution in [0.2, 0.25) is 0 Å². The first-order chi connectivity index (χ1) is 9.53. The number of rotatable bonds is 7. The van der Waals surface area contributed by atoms with Crippen LogP contribution in [0.25, 0.3) is 0 Å². The first-order valence-corrected chi connectivity index (χ1v) is 6.30. The summed E-state index contributed by atoms with van der Waals surface area (Å²) in [5, 5.41) is 2.83. The van der Waals surface area contributed by atoms with Crippen LogP contribution in [0.15, 0.2) is 18.2 Å². The van der Waals surface area contributed by atoms with Gasteiger partial charge < -0.3 is 25.3 Å². The van der Waals surface area contributed by atoms with Gasteiger partial charge in [0.15, 0.2) is 11.5 Å². The summed E-state index contributed by atoms with van der Waals surface area (Å²) in [6, 6.07) is 4.62. The monoisotopic (exact) mass is 282 g/mol. The lowest BCUT2D eigenvalue weighted by atomic mass is 10.1. The van der Waals surface area contributed by atoms with Crippen molar-refractivity contribution in [2.24, 2.45) is 5.73 Å². The van der Waals surface area contributed by atoms with E-state index in [9.17, 15) is 4.79 Å². The van der Waals surface area contributed by atoms with Crippen molar-refractivity contribution >= 4 is 5.91 Å². The third kappa shape index (κ3) is 4.11. The van der Waals surface area contributed by atoms with E-state index in [1.165, 1.54) is 7.11 Å². The van der Waals surface area contributed by atoms with Crippen LogP contribution < -0.4 is 20.5 Å². The molecule has 20 heavy (non-hydrogen) atoms. The molecule has 0 bridgehead atoms. The first kappa shape index (κ1) is 16.3. The van der Waals surface area contributed by atoms with E-state index in [-0.39, 0.29) is 18.6 Å². The lowest BCUT2D eigenvalue weighted by Gasteiger charge is -2.18. The Kier molecular flexibility index (Phi) is 6.27. The topological polar surface area (TPSA) is 82.8 Å². The van der Waals surface area contributed by atoms with Crippen molar-refractivity contribution in [1.82, 2.24) is 5.32 Å². The van der Waals surface area contributed by atoms with Gasteiger partial charge in [0.2, 0.25) is 5.91 Å². The number of nitrogens with one attached hydrogen (secondary N) is 1. The number of nitrogens with two attached hydrogens (primary N) is 1. The van der Waals surface area contributed by atoms with Crippen LogP contribution in [-0.4, -0.2) is 39.9 Å². The summed E-state index contributed by atoms with van der Waals surface area (Å²) in [6.45, 7) is 2.06. The minimum Gasteiger partial charge on any atom is -0.493 e. The molecular weight excluding hydrogens is 260 g/mol. The SMILES string of the molecule is COCC(N)C(=O)NC(C)c1ccc(OC)c(OC)c1. The zero-order chi connectivity index (χ0) is 15.1. The van der Waals surface area contributed by atoms with Gasteiger partial charge >= 0.3 is 0 Å². The van der Waals surface area contributed by atoms with Crippen LogP contribution in [-0.2, 0) is 9.53 Å². The first-order valence-electron chi connectivity index (χ1n) is 6.30. The quantitative estimate of drug-likeness (QED) is 0.775. The highest BCUT2D eigenvalue weighted by molar-refractivity contribution is 5.82. The van der Waals surface area contributed by atoms with Crippen LogP contribution in [0.3, 0.4) is 0 Å². The maximum Gasteiger partial charge on any atom is 0.239 e. The number of amides is 1. The van der Waals surface area contributed by atoms with E-state index < -0.39 is 6.04 Å². The largest absolute Gasteiger partial charge is 0.493 e. The second-order valence-electron chi connectivity index (χ2n) is 4.41. The molecule has 6 nitrogen and oxygen atoms in total. The predicted molar refractivity (Wildman–Crippen MR) is 76.0 cm³/mol. The molecule has 1 aromatic rings. The number of benzene rings is 1. The molecule has 2 atom stereocenters. The zero-order valence-electron chi connectivity index (χ0n) is 12.3. The second kappa shape index (κ2) is 7.72. The molecule has 6 heteroatoms. The van der Waals surface area contributed by atoms with Crippen LogP contribution in [0.4, 0.5) is 0 Å². The van der Waals surface area contributed by atoms with Gasteiger partial charge in [-0.2, -0.15) is 0 Å². The molecule has 0 aliphatic carbocycles. The van der Waals surface area contributed by atoms with Gasteiger partial charge in [-0.15, -0.1) is 0 Å². The van der Waals surface area contributed by atoms with Crippen molar-refractivity contribution in [2.75, 3.05) is 27.9 Å². The van der Waals surface area contributed by atoms with Crippen LogP contribution in [0, 0.1) is 0 Å². The van der Waals surface area contributed by atoms with E-state index in [0.717, 1.165) is 5.56 Å². The smallest absolute Gasteiger partial charge is 0.239 e. The lowest BCUT2D eigenvalue weighted by molar-refractivity contribution is -0.124. The molecule has 0 fully saturated rings. The van der Waals surface area contributed by atoms with Crippen molar-refractivity contribution in [2.45, 2.75) is 19.0 Å². The Morgan fingerprint density at radius 2 is 1.90 bits per heavy atom. The summed E-state index contributed by atoms with van der Waals surface area (Å²) >= 11 is 0. The van der Waals surface area contributed by atoms with Crippen LogP contribution in [0.5, 0.6) is 11.5 Å². The minimum absolute atomic E-state index is 0.185. The maximum atomic E-state index is 11.8. The van der Waals surface area contributed by atoms with E-state index in [0.29, 0.717) is 11.5 Å². The fourth-order valence-corrected chi connectivity index (χ4v) is 1.78. The number of methoxy groups -OCH3 is 3. The highest BCUT2D eigenvalue weighted by atomic mass is 16.5. The fraction of sp³-hybridized carbons (Fsp3) is 0.500. The van der Waals surface area contributed by atoms with Crippen LogP contribution in [0.1, 0.15) is 18.5 Å². The van der Waals surface area contributed by atoms with E-state index in [4.69, 9.17) is 19.9 Å². The molecule has 2 unspecified atom stereocenters. The van der Waals surface area contributed by atoms with Gasteiger partial charge in [0.1, 0.15) is 6.04 Å². The number of hydrogen-bond acceptors (Lipinski definition) is 5. The molecule has 3 N–H and O–H groups in total. The summed E-state index contributed by atoms with van der Waals surface area (Å²) in [5.74, 6) is 1.01. The van der Waals surface area contributed by atoms with Crippen LogP contribution >= 0.6 is 0 Å². The third-order valence-electron chi connectivity index (χ3n) is 2.95. The maximum absolute atomic E-state index is 11.8. The number of carbonyl (C=O) groups excluding carboxylic acids is 1. The Morgan fingerprint density at radius 1 is 1.25 bits per heavy atom. The van der Waals surface area contributed by atoms with Crippen molar-refractivity contribution in [3.05, 3.63) is 23.8 Å². The van der Waals surface area contributed by atoms with Gasteiger partial charge in [0, 0.05) is 7.11 Å². The molecule has 0 saturated heterocycles. The molecule has 112 valence electrons. The molecule has 0 spiro atoms. The Bertz CT molecular complexity index is 451. The van der Waals surface area contributed by atoms with E-state index >= 15 is 0 Å². The molecule has 0 aliphatic rings. The van der Waals surface area contributed by atoms with E-state index in [2.05, 4.69) is 5.32 Å². The Morgan fingerprint density at radius 3 is 2.45 bits per heavy atom. The normalized spacial score (nSPS) is 13.4. The molecule has 0 heterocycles. The summed E-state index contributed by atoms with van der Waals surface area (Å²) < 4.78 is 15.3. The molecule has 0 aromatic heterocycles. The molecule has 1 amide bonds. The van der Waals surface area contributed by atoms with Crippen molar-refractivity contribution in [1.29, 1.82) is 0 Å². The molecule has 0 saturated carbocycles. The number of ether oxygens (including phenoxy) is 3. The minimum atomic E-state index is -0.678. The van der Waals surface area contributed by atoms with Gasteiger partial charge in [-0.25, -0.2) is 0 Å². The van der Waals surface area contributed by atoms with E-state index in [1.807, 2.05) is 19.1 Å². The summed E-state index contributed by atoms with van der Waals surface area (Å²) in [4.78, 5) is 11.8. The van der Waals surface area contributed by atoms with Gasteiger partial charge in [-0.1, -0.05) is 6.07 Å². The molecule has 1 aromatic carbocycles. The van der Waals surface area contributed by atoms with Crippen molar-refractivity contribution in [3.8, 4) is 11.5 Å². The Hall–Kier alpha value is -1.79. The van der Waals surface area contributed by atoms with E-state index in [1.54, 1.807) is 20.3 Å². The standard InChI is InChI=1S/C14H22N2O4/c1-9(16-14(17)11(15)8-18-2)10-5-6-12(19-3)13(7-10)20-4/h5-7,9,11H,8,15H2,1-4H3,(H,16,17). The average molecular weight is 282 g/mol. The summed E-state index contributed by atoms with van der Waals surface area (Å²) in [5.41, 5.74) is 6.58. The highest BCUT2D eigenvalue weighted by Crippen LogP contribution is 2.29. The van der Waals surface area contributed by atoms with Gasteiger partial charge in [-0.05, 0) is 24.6 Å². The van der Waals surface area contributed by atoms with Gasteiger partial charge in [-0.3, -0.25) is 4.79 Å². The summed E-state index contributed by atoms with van der Waals surface area (Å²) in [6.07, 6.45) is 0. The Balaban J connectivity index is 2.77. The van der Waals surface area contributed by atoms with Gasteiger partial charge in [0.05, 0.1) is 26.9 Å². The number of carbonyl (C=O) groups is 1. The van der Waals surface area contributed by atoms with Crippen molar-refractivity contribution in [3.63, 3.8) is 0 Å². The molecule has 0 radical (unpaired) electrons. The number of hydrogen-bond donors (Lipinski definition) is 2. The average Bonchev–Trinajstić information content (AvgIpc) is 2.46. The molecule has 1 rings (SSSR count). The lowest BCUT2D eigenvalue weighted by Crippen LogP contribution is -2.44. The molecule has 0 aliphatic heterocycles. The Labute approximate surface area is 119 Å². The zero-order valence-corrected chi connectivity index (χ0v) is 12.3. The highest BCUT2D eigenvalue weighted by Gasteiger charge is 2.17. The summed E-state index contributed by atoms with van der Waals surface area (Å²) in [7, 11) is 4.65. The molecular formula is C14H22N2O4. The van der Waals surface area contributed by atoms with Gasteiger partial charge in [0.25, 0.3) is 0 Å². The third-order valence-corrected chi connectivity index (χ3v) is 2.95. The van der Waals surface area contributed by atoms with Crippen molar-refractivity contribution < 1.29 is 19.0 Å². The predicted octanol–water partition coefficient (Wildman–Crippen LogP) is 0.855. The second-order valence-corrected chi connectivity index (χ2v) is 4.41. The fourth-order valence-electron chi connectivity index (χ4n) is 1.78.